The first kappa shape index (κ1) is 18.2. The number of allylic oxidation sites excluding steroid dienone is 1. The number of ether oxygens (including phenoxy) is 1. The van der Waals surface area contributed by atoms with Crippen LogP contribution in [0, 0.1) is 6.92 Å². The Bertz CT molecular complexity index is 814. The van der Waals surface area contributed by atoms with Gasteiger partial charge in [-0.3, -0.25) is 9.59 Å². The molecular weight excluding hydrogens is 355 g/mol. The zero-order chi connectivity index (χ0) is 17.9. The van der Waals surface area contributed by atoms with Gasteiger partial charge in [-0.2, -0.15) is 4.98 Å². The van der Waals surface area contributed by atoms with Gasteiger partial charge in [-0.15, -0.1) is 0 Å². The lowest BCUT2D eigenvalue weighted by molar-refractivity contribution is 0.0877. The number of aromatic nitrogens is 2. The van der Waals surface area contributed by atoms with E-state index < -0.39 is 5.78 Å². The molecule has 8 heteroatoms. The van der Waals surface area contributed by atoms with Crippen molar-refractivity contribution in [2.24, 2.45) is 0 Å². The fourth-order valence-corrected chi connectivity index (χ4v) is 2.32. The van der Waals surface area contributed by atoms with Gasteiger partial charge in [0.15, 0.2) is 18.2 Å². The molecule has 0 radical (unpaired) electrons. The maximum atomic E-state index is 12.1. The number of hydrogen-bond acceptors (Lipinski definition) is 6. The second-order valence-corrected chi connectivity index (χ2v) is 5.91. The minimum atomic E-state index is -0.495. The Kier molecular flexibility index (Phi) is 5.75. The SMILES string of the molecule is C=C(C)CC(=O)c1ccc(OCC(=O)c2nc(C)no2)c(Cl)c1Cl. The number of nitrogens with zero attached hydrogens (tertiary/aromatic N) is 2. The molecule has 2 rings (SSSR count). The molecule has 2 aromatic rings. The molecule has 0 unspecified atom stereocenters. The maximum absolute atomic E-state index is 12.1. The molecule has 0 aliphatic rings. The fourth-order valence-electron chi connectivity index (χ4n) is 1.84. The Labute approximate surface area is 148 Å². The van der Waals surface area contributed by atoms with Crippen LogP contribution in [0.1, 0.15) is 40.2 Å². The van der Waals surface area contributed by atoms with Crippen molar-refractivity contribution in [2.45, 2.75) is 20.3 Å². The van der Waals surface area contributed by atoms with Crippen LogP contribution < -0.4 is 4.74 Å². The average molecular weight is 369 g/mol. The van der Waals surface area contributed by atoms with Crippen LogP contribution in [0.15, 0.2) is 28.8 Å². The summed E-state index contributed by atoms with van der Waals surface area (Å²) in [5.74, 6) is -0.315. The number of ketones is 2. The first-order valence-electron chi connectivity index (χ1n) is 6.91. The molecule has 0 amide bonds. The van der Waals surface area contributed by atoms with Crippen molar-refractivity contribution in [3.63, 3.8) is 0 Å². The molecule has 1 aromatic heterocycles. The third-order valence-corrected chi connectivity index (χ3v) is 3.80. The largest absolute Gasteiger partial charge is 0.484 e. The Hall–Kier alpha value is -2.18. The number of hydrogen-bond donors (Lipinski definition) is 0. The third-order valence-electron chi connectivity index (χ3n) is 2.93. The van der Waals surface area contributed by atoms with Crippen LogP contribution >= 0.6 is 23.2 Å². The number of carbonyl (C=O) groups excluding carboxylic acids is 2. The maximum Gasteiger partial charge on any atom is 0.297 e. The van der Waals surface area contributed by atoms with Crippen molar-refractivity contribution >= 4 is 34.8 Å². The van der Waals surface area contributed by atoms with Crippen LogP contribution in [0.3, 0.4) is 0 Å². The highest BCUT2D eigenvalue weighted by atomic mass is 35.5. The van der Waals surface area contributed by atoms with Crippen molar-refractivity contribution < 1.29 is 18.8 Å². The molecule has 0 saturated heterocycles. The van der Waals surface area contributed by atoms with Gasteiger partial charge in [-0.05, 0) is 26.0 Å². The summed E-state index contributed by atoms with van der Waals surface area (Å²) in [5.41, 5.74) is 0.990. The smallest absolute Gasteiger partial charge is 0.297 e. The molecule has 0 atom stereocenters. The van der Waals surface area contributed by atoms with Crippen LogP contribution in [0.25, 0.3) is 0 Å². The number of Topliss-reactive ketones (excluding diaryl/α,β-unsaturated/α-hetero) is 2. The van der Waals surface area contributed by atoms with E-state index in [9.17, 15) is 9.59 Å². The molecular formula is C16H14Cl2N2O4. The highest BCUT2D eigenvalue weighted by Crippen LogP contribution is 2.35. The third kappa shape index (κ3) is 4.21. The number of halogens is 2. The normalized spacial score (nSPS) is 10.5. The molecule has 24 heavy (non-hydrogen) atoms. The number of benzene rings is 1. The molecule has 1 heterocycles. The van der Waals surface area contributed by atoms with Crippen LogP contribution in [-0.2, 0) is 0 Å². The van der Waals surface area contributed by atoms with E-state index in [1.54, 1.807) is 13.8 Å². The second-order valence-electron chi connectivity index (χ2n) is 5.15. The Morgan fingerprint density at radius 2 is 1.96 bits per heavy atom. The van der Waals surface area contributed by atoms with E-state index in [-0.39, 0.29) is 46.1 Å². The van der Waals surface area contributed by atoms with E-state index in [0.717, 1.165) is 0 Å². The zero-order valence-electron chi connectivity index (χ0n) is 13.1. The van der Waals surface area contributed by atoms with Gasteiger partial charge in [-0.1, -0.05) is 40.5 Å². The molecule has 0 spiro atoms. The van der Waals surface area contributed by atoms with Gasteiger partial charge in [0.2, 0.25) is 0 Å². The Balaban J connectivity index is 2.12. The van der Waals surface area contributed by atoms with Gasteiger partial charge >= 0.3 is 0 Å². The van der Waals surface area contributed by atoms with Crippen LogP contribution in [0.4, 0.5) is 0 Å². The Morgan fingerprint density at radius 1 is 1.25 bits per heavy atom. The predicted octanol–water partition coefficient (Wildman–Crippen LogP) is 4.10. The molecule has 6 nitrogen and oxygen atoms in total. The average Bonchev–Trinajstić information content (AvgIpc) is 2.94. The number of carbonyl (C=O) groups is 2. The minimum absolute atomic E-state index is 0.0544. The van der Waals surface area contributed by atoms with Gasteiger partial charge in [-0.25, -0.2) is 0 Å². The van der Waals surface area contributed by atoms with Crippen molar-refractivity contribution in [3.8, 4) is 5.75 Å². The van der Waals surface area contributed by atoms with Crippen molar-refractivity contribution in [3.05, 3.63) is 51.6 Å². The summed E-state index contributed by atoms with van der Waals surface area (Å²) in [5, 5.41) is 3.65. The molecule has 0 N–H and O–H groups in total. The van der Waals surface area contributed by atoms with Gasteiger partial charge in [0, 0.05) is 12.0 Å². The van der Waals surface area contributed by atoms with E-state index in [1.165, 1.54) is 12.1 Å². The lowest BCUT2D eigenvalue weighted by Crippen LogP contribution is -2.12. The van der Waals surface area contributed by atoms with Crippen LogP contribution in [0.5, 0.6) is 5.75 Å². The highest BCUT2D eigenvalue weighted by Gasteiger charge is 2.19. The topological polar surface area (TPSA) is 82.3 Å². The quantitative estimate of drug-likeness (QED) is 0.540. The molecule has 0 bridgehead atoms. The van der Waals surface area contributed by atoms with Crippen molar-refractivity contribution in [1.82, 2.24) is 10.1 Å². The fraction of sp³-hybridized carbons (Fsp3) is 0.250. The van der Waals surface area contributed by atoms with Crippen molar-refractivity contribution in [1.29, 1.82) is 0 Å². The summed E-state index contributed by atoms with van der Waals surface area (Å²) < 4.78 is 10.1. The first-order chi connectivity index (χ1) is 11.3. The van der Waals surface area contributed by atoms with E-state index in [4.69, 9.17) is 32.5 Å². The van der Waals surface area contributed by atoms with Gasteiger partial charge in [0.1, 0.15) is 10.8 Å². The minimum Gasteiger partial charge on any atom is -0.484 e. The van der Waals surface area contributed by atoms with E-state index >= 15 is 0 Å². The number of aryl methyl sites for hydroxylation is 1. The number of rotatable bonds is 7. The van der Waals surface area contributed by atoms with Crippen LogP contribution in [0.2, 0.25) is 10.0 Å². The molecule has 0 aliphatic heterocycles. The lowest BCUT2D eigenvalue weighted by atomic mass is 10.0. The Morgan fingerprint density at radius 3 is 2.54 bits per heavy atom. The van der Waals surface area contributed by atoms with Crippen LogP contribution in [-0.4, -0.2) is 28.3 Å². The summed E-state index contributed by atoms with van der Waals surface area (Å²) in [6, 6.07) is 2.97. The summed E-state index contributed by atoms with van der Waals surface area (Å²) in [7, 11) is 0. The summed E-state index contributed by atoms with van der Waals surface area (Å²) in [4.78, 5) is 27.7. The standard InChI is InChI=1S/C16H14Cl2N2O4/c1-8(2)6-11(21)10-4-5-13(15(18)14(10)17)23-7-12(22)16-19-9(3)20-24-16/h4-5H,1,6-7H2,2-3H3. The van der Waals surface area contributed by atoms with E-state index in [2.05, 4.69) is 16.7 Å². The lowest BCUT2D eigenvalue weighted by Gasteiger charge is -2.10. The highest BCUT2D eigenvalue weighted by molar-refractivity contribution is 6.44. The van der Waals surface area contributed by atoms with E-state index in [1.807, 2.05) is 0 Å². The summed E-state index contributed by atoms with van der Waals surface area (Å²) in [6.45, 7) is 6.68. The summed E-state index contributed by atoms with van der Waals surface area (Å²) >= 11 is 12.2. The molecule has 1 aromatic carbocycles. The molecule has 0 saturated carbocycles. The monoisotopic (exact) mass is 368 g/mol. The molecule has 126 valence electrons. The van der Waals surface area contributed by atoms with Gasteiger partial charge in [0.25, 0.3) is 11.7 Å². The second kappa shape index (κ2) is 7.59. The predicted molar refractivity (Wildman–Crippen MR) is 89.1 cm³/mol. The summed E-state index contributed by atoms with van der Waals surface area (Å²) in [6.07, 6.45) is 0.172. The molecule has 0 aliphatic carbocycles. The van der Waals surface area contributed by atoms with Crippen molar-refractivity contribution in [2.75, 3.05) is 6.61 Å². The zero-order valence-corrected chi connectivity index (χ0v) is 14.6. The van der Waals surface area contributed by atoms with Gasteiger partial charge < -0.3 is 9.26 Å². The molecule has 0 fully saturated rings. The first-order valence-corrected chi connectivity index (χ1v) is 7.67. The van der Waals surface area contributed by atoms with E-state index in [0.29, 0.717) is 11.4 Å². The van der Waals surface area contributed by atoms with Gasteiger partial charge in [0.05, 0.1) is 5.02 Å².